The van der Waals surface area contributed by atoms with Gasteiger partial charge in [0, 0.05) is 34.8 Å². The third-order valence-electron chi connectivity index (χ3n) is 3.02. The van der Waals surface area contributed by atoms with E-state index in [0.29, 0.717) is 22.0 Å². The highest BCUT2D eigenvalue weighted by Crippen LogP contribution is 2.34. The van der Waals surface area contributed by atoms with E-state index < -0.39 is 4.92 Å². The number of hydrogen-bond donors (Lipinski definition) is 1. The molecule has 0 aliphatic carbocycles. The van der Waals surface area contributed by atoms with Crippen LogP contribution in [-0.4, -0.2) is 15.7 Å². The lowest BCUT2D eigenvalue weighted by atomic mass is 10.1. The van der Waals surface area contributed by atoms with E-state index in [9.17, 15) is 14.9 Å². The van der Waals surface area contributed by atoms with Crippen molar-refractivity contribution in [2.24, 2.45) is 0 Å². The van der Waals surface area contributed by atoms with E-state index in [-0.39, 0.29) is 11.5 Å². The molecule has 1 N–H and O–H groups in total. The first-order valence-corrected chi connectivity index (χ1v) is 8.12. The quantitative estimate of drug-likeness (QED) is 0.365. The van der Waals surface area contributed by atoms with Gasteiger partial charge < -0.3 is 4.98 Å². The zero-order valence-corrected chi connectivity index (χ0v) is 14.2. The lowest BCUT2D eigenvalue weighted by Crippen LogP contribution is -1.99. The van der Waals surface area contributed by atoms with Crippen molar-refractivity contribution in [2.45, 2.75) is 0 Å². The van der Waals surface area contributed by atoms with Crippen LogP contribution in [0.2, 0.25) is 0 Å². The van der Waals surface area contributed by atoms with Crippen molar-refractivity contribution in [2.75, 3.05) is 0 Å². The average molecular weight is 430 g/mol. The minimum absolute atomic E-state index is 0.0113. The highest BCUT2D eigenvalue weighted by atomic mass is 79.9. The van der Waals surface area contributed by atoms with E-state index in [2.05, 4.69) is 36.8 Å². The predicted molar refractivity (Wildman–Crippen MR) is 88.1 cm³/mol. The molecule has 0 atom stereocenters. The molecule has 0 aliphatic heterocycles. The molecule has 8 heteroatoms. The van der Waals surface area contributed by atoms with Gasteiger partial charge in [0.2, 0.25) is 0 Å². The number of halogens is 2. The van der Waals surface area contributed by atoms with Gasteiger partial charge >= 0.3 is 0 Å². The van der Waals surface area contributed by atoms with Crippen molar-refractivity contribution >= 4 is 65.6 Å². The van der Waals surface area contributed by atoms with Crippen LogP contribution in [-0.2, 0) is 0 Å². The van der Waals surface area contributed by atoms with Gasteiger partial charge in [-0.3, -0.25) is 14.9 Å². The third-order valence-corrected chi connectivity index (χ3v) is 5.36. The number of carbonyl (C=O) groups is 1. The SMILES string of the molecule is O=C(c1cc(Br)sc1Br)c1c[nH]c2cc([N+](=O)[O-])ccc12. The molecule has 0 bridgehead atoms. The van der Waals surface area contributed by atoms with Gasteiger partial charge in [-0.15, -0.1) is 11.3 Å². The molecule has 2 heterocycles. The number of nitrogens with one attached hydrogen (secondary N) is 1. The summed E-state index contributed by atoms with van der Waals surface area (Å²) in [6, 6.07) is 6.16. The molecular weight excluding hydrogens is 424 g/mol. The Morgan fingerprint density at radius 2 is 2.00 bits per heavy atom. The molecule has 1 aromatic carbocycles. The van der Waals surface area contributed by atoms with Crippen LogP contribution in [0.5, 0.6) is 0 Å². The highest BCUT2D eigenvalue weighted by molar-refractivity contribution is 9.12. The summed E-state index contributed by atoms with van der Waals surface area (Å²) < 4.78 is 1.60. The number of aromatic amines is 1. The summed E-state index contributed by atoms with van der Waals surface area (Å²) in [6.45, 7) is 0. The molecule has 2 aromatic heterocycles. The van der Waals surface area contributed by atoms with Crippen molar-refractivity contribution in [3.63, 3.8) is 0 Å². The van der Waals surface area contributed by atoms with Crippen LogP contribution >= 0.6 is 43.2 Å². The van der Waals surface area contributed by atoms with Gasteiger partial charge in [-0.05, 0) is 44.0 Å². The number of nitro benzene ring substituents is 1. The van der Waals surface area contributed by atoms with Crippen LogP contribution in [0.25, 0.3) is 10.9 Å². The van der Waals surface area contributed by atoms with Crippen LogP contribution < -0.4 is 0 Å². The number of aromatic nitrogens is 1. The Labute approximate surface area is 139 Å². The Hall–Kier alpha value is -1.51. The number of H-pyrrole nitrogens is 1. The normalized spacial score (nSPS) is 11.0. The number of non-ortho nitro benzene ring substituents is 1. The summed E-state index contributed by atoms with van der Waals surface area (Å²) in [5.74, 6) is -0.135. The molecular formula is C13H6Br2N2O3S. The first kappa shape index (κ1) is 14.4. The number of thiophene rings is 1. The molecule has 21 heavy (non-hydrogen) atoms. The maximum atomic E-state index is 12.6. The fourth-order valence-corrected chi connectivity index (χ4v) is 4.85. The molecule has 3 aromatic rings. The first-order chi connectivity index (χ1) is 9.97. The van der Waals surface area contributed by atoms with Gasteiger partial charge in [0.25, 0.3) is 5.69 Å². The number of hydrogen-bond acceptors (Lipinski definition) is 4. The smallest absolute Gasteiger partial charge is 0.271 e. The van der Waals surface area contributed by atoms with Crippen molar-refractivity contribution in [1.82, 2.24) is 4.98 Å². The van der Waals surface area contributed by atoms with Crippen molar-refractivity contribution in [3.8, 4) is 0 Å². The Kier molecular flexibility index (Phi) is 3.68. The molecule has 0 unspecified atom stereocenters. The fourth-order valence-electron chi connectivity index (χ4n) is 2.06. The molecule has 0 saturated carbocycles. The van der Waals surface area contributed by atoms with Gasteiger partial charge in [0.15, 0.2) is 5.78 Å². The monoisotopic (exact) mass is 428 g/mol. The van der Waals surface area contributed by atoms with Crippen LogP contribution in [0.3, 0.4) is 0 Å². The zero-order valence-electron chi connectivity index (χ0n) is 10.2. The maximum absolute atomic E-state index is 12.6. The van der Waals surface area contributed by atoms with E-state index >= 15 is 0 Å². The molecule has 0 aliphatic rings. The number of fused-ring (bicyclic) bond motifs is 1. The number of ketones is 1. The molecule has 0 spiro atoms. The summed E-state index contributed by atoms with van der Waals surface area (Å²) in [6.07, 6.45) is 1.58. The van der Waals surface area contributed by atoms with E-state index in [0.717, 1.165) is 7.57 Å². The van der Waals surface area contributed by atoms with Gasteiger partial charge in [-0.25, -0.2) is 0 Å². The van der Waals surface area contributed by atoms with Gasteiger partial charge in [0.1, 0.15) is 0 Å². The Bertz CT molecular complexity index is 885. The standard InChI is InChI=1S/C13H6Br2N2O3S/c14-11-4-8(13(15)21-11)12(18)9-5-16-10-3-6(17(19)20)1-2-7(9)10/h1-5,16H. The van der Waals surface area contributed by atoms with Crippen LogP contribution in [0.4, 0.5) is 5.69 Å². The number of rotatable bonds is 3. The van der Waals surface area contributed by atoms with E-state index in [1.54, 1.807) is 18.3 Å². The molecule has 0 saturated heterocycles. The summed E-state index contributed by atoms with van der Waals surface area (Å²) in [7, 11) is 0. The second-order valence-corrected chi connectivity index (χ2v) is 8.01. The predicted octanol–water partition coefficient (Wildman–Crippen LogP) is 4.89. The van der Waals surface area contributed by atoms with Crippen molar-refractivity contribution in [3.05, 3.63) is 59.3 Å². The highest BCUT2D eigenvalue weighted by Gasteiger charge is 2.20. The summed E-state index contributed by atoms with van der Waals surface area (Å²) in [4.78, 5) is 25.8. The molecule has 0 fully saturated rings. The van der Waals surface area contributed by atoms with Crippen LogP contribution in [0, 0.1) is 10.1 Å². The van der Waals surface area contributed by atoms with Gasteiger partial charge in [-0.2, -0.15) is 0 Å². The maximum Gasteiger partial charge on any atom is 0.271 e. The van der Waals surface area contributed by atoms with Gasteiger partial charge in [-0.1, -0.05) is 0 Å². The summed E-state index contributed by atoms with van der Waals surface area (Å²) in [5.41, 5.74) is 1.61. The average Bonchev–Trinajstić information content (AvgIpc) is 3.00. The Balaban J connectivity index is 2.11. The third kappa shape index (κ3) is 2.54. The Morgan fingerprint density at radius 3 is 2.62 bits per heavy atom. The zero-order chi connectivity index (χ0) is 15.1. The minimum Gasteiger partial charge on any atom is -0.360 e. The van der Waals surface area contributed by atoms with Crippen LogP contribution in [0.15, 0.2) is 38.0 Å². The Morgan fingerprint density at radius 1 is 1.24 bits per heavy atom. The van der Waals surface area contributed by atoms with Gasteiger partial charge in [0.05, 0.1) is 18.0 Å². The summed E-state index contributed by atoms with van der Waals surface area (Å²) in [5, 5.41) is 11.4. The first-order valence-electron chi connectivity index (χ1n) is 5.72. The number of carbonyl (C=O) groups excluding carboxylic acids is 1. The van der Waals surface area contributed by atoms with E-state index in [1.165, 1.54) is 23.5 Å². The fraction of sp³-hybridized carbons (Fsp3) is 0. The largest absolute Gasteiger partial charge is 0.360 e. The van der Waals surface area contributed by atoms with Crippen LogP contribution in [0.1, 0.15) is 15.9 Å². The lowest BCUT2D eigenvalue weighted by Gasteiger charge is -1.98. The summed E-state index contributed by atoms with van der Waals surface area (Å²) >= 11 is 8.13. The molecule has 3 rings (SSSR count). The van der Waals surface area contributed by atoms with Crippen molar-refractivity contribution < 1.29 is 9.72 Å². The topological polar surface area (TPSA) is 76.0 Å². The number of benzene rings is 1. The van der Waals surface area contributed by atoms with Crippen molar-refractivity contribution in [1.29, 1.82) is 0 Å². The second kappa shape index (κ2) is 5.36. The number of nitrogens with zero attached hydrogens (tertiary/aromatic N) is 1. The number of nitro groups is 1. The molecule has 106 valence electrons. The second-order valence-electron chi connectivity index (χ2n) is 4.26. The minimum atomic E-state index is -0.464. The molecule has 5 nitrogen and oxygen atoms in total. The van der Waals surface area contributed by atoms with E-state index in [1.807, 2.05) is 0 Å². The molecule has 0 amide bonds. The molecule has 0 radical (unpaired) electrons. The lowest BCUT2D eigenvalue weighted by molar-refractivity contribution is -0.384. The van der Waals surface area contributed by atoms with E-state index in [4.69, 9.17) is 0 Å².